The predicted octanol–water partition coefficient (Wildman–Crippen LogP) is 2.48. The van der Waals surface area contributed by atoms with Crippen molar-refractivity contribution in [3.63, 3.8) is 0 Å². The number of allylic oxidation sites excluding steroid dienone is 2. The van der Waals surface area contributed by atoms with E-state index in [1.165, 1.54) is 5.57 Å². The van der Waals surface area contributed by atoms with Gasteiger partial charge in [-0.2, -0.15) is 0 Å². The molecule has 3 heteroatoms. The zero-order valence-electron chi connectivity index (χ0n) is 10.9. The summed E-state index contributed by atoms with van der Waals surface area (Å²) in [5.74, 6) is -0.184. The van der Waals surface area contributed by atoms with Crippen LogP contribution in [0.5, 0.6) is 0 Å². The number of carbonyl (C=O) groups is 1. The van der Waals surface area contributed by atoms with Crippen molar-refractivity contribution in [2.24, 2.45) is 17.3 Å². The second-order valence-corrected chi connectivity index (χ2v) is 5.75. The highest BCUT2D eigenvalue weighted by molar-refractivity contribution is 5.59. The van der Waals surface area contributed by atoms with Crippen LogP contribution in [0, 0.1) is 17.3 Å². The third-order valence-electron chi connectivity index (χ3n) is 4.95. The summed E-state index contributed by atoms with van der Waals surface area (Å²) in [6.45, 7) is 7.27. The van der Waals surface area contributed by atoms with Crippen LogP contribution in [0.15, 0.2) is 24.3 Å². The molecule has 98 valence electrons. The molecule has 0 unspecified atom stereocenters. The van der Waals surface area contributed by atoms with E-state index in [4.69, 9.17) is 9.47 Å². The maximum Gasteiger partial charge on any atom is 0.179 e. The molecule has 3 nitrogen and oxygen atoms in total. The van der Waals surface area contributed by atoms with Crippen molar-refractivity contribution in [2.75, 3.05) is 13.2 Å². The van der Waals surface area contributed by atoms with E-state index in [2.05, 4.69) is 19.6 Å². The average molecular weight is 248 g/mol. The van der Waals surface area contributed by atoms with Gasteiger partial charge in [-0.3, -0.25) is 0 Å². The van der Waals surface area contributed by atoms with Crippen molar-refractivity contribution in [3.8, 4) is 0 Å². The van der Waals surface area contributed by atoms with Crippen LogP contribution in [0.3, 0.4) is 0 Å². The van der Waals surface area contributed by atoms with Crippen molar-refractivity contribution in [1.82, 2.24) is 0 Å². The van der Waals surface area contributed by atoms with Crippen LogP contribution < -0.4 is 0 Å². The Hall–Kier alpha value is -0.930. The van der Waals surface area contributed by atoms with Gasteiger partial charge < -0.3 is 14.3 Å². The van der Waals surface area contributed by atoms with Gasteiger partial charge in [-0.1, -0.05) is 17.7 Å². The SMILES string of the molecule is C=CC[C@]12C=C(C)[C@H](C[C@@H]1C=O)CC21OCCO1. The first-order chi connectivity index (χ1) is 8.67. The Balaban J connectivity index is 2.13. The first-order valence-corrected chi connectivity index (χ1v) is 6.71. The zero-order valence-corrected chi connectivity index (χ0v) is 10.9. The molecule has 2 fully saturated rings. The Kier molecular flexibility index (Phi) is 2.72. The molecule has 4 aliphatic rings. The molecule has 0 N–H and O–H groups in total. The first kappa shape index (κ1) is 12.1. The number of ether oxygens (including phenoxy) is 2. The van der Waals surface area contributed by atoms with E-state index < -0.39 is 5.79 Å². The number of aldehydes is 1. The lowest BCUT2D eigenvalue weighted by Crippen LogP contribution is -2.60. The molecule has 1 saturated carbocycles. The van der Waals surface area contributed by atoms with Crippen molar-refractivity contribution in [3.05, 3.63) is 24.3 Å². The Labute approximate surface area is 108 Å². The monoisotopic (exact) mass is 248 g/mol. The maximum absolute atomic E-state index is 11.5. The molecule has 1 saturated heterocycles. The van der Waals surface area contributed by atoms with Crippen molar-refractivity contribution in [2.45, 2.75) is 32.0 Å². The summed E-state index contributed by atoms with van der Waals surface area (Å²) in [4.78, 5) is 11.5. The lowest BCUT2D eigenvalue weighted by atomic mass is 9.52. The molecule has 18 heavy (non-hydrogen) atoms. The van der Waals surface area contributed by atoms with E-state index in [9.17, 15) is 4.79 Å². The Bertz CT molecular complexity index is 406. The summed E-state index contributed by atoms with van der Waals surface area (Å²) < 4.78 is 12.0. The topological polar surface area (TPSA) is 35.5 Å². The zero-order chi connectivity index (χ0) is 12.8. The summed E-state index contributed by atoms with van der Waals surface area (Å²) in [7, 11) is 0. The fourth-order valence-corrected chi connectivity index (χ4v) is 4.11. The fraction of sp³-hybridized carbons (Fsp3) is 0.667. The smallest absolute Gasteiger partial charge is 0.179 e. The third-order valence-corrected chi connectivity index (χ3v) is 4.95. The second-order valence-electron chi connectivity index (χ2n) is 5.75. The van der Waals surface area contributed by atoms with Crippen molar-refractivity contribution in [1.29, 1.82) is 0 Å². The average Bonchev–Trinajstić information content (AvgIpc) is 2.81. The minimum absolute atomic E-state index is 0.0175. The summed E-state index contributed by atoms with van der Waals surface area (Å²) >= 11 is 0. The minimum atomic E-state index is -0.588. The van der Waals surface area contributed by atoms with Gasteiger partial charge in [0.05, 0.1) is 18.6 Å². The van der Waals surface area contributed by atoms with Crippen LogP contribution in [0.1, 0.15) is 26.2 Å². The quantitative estimate of drug-likeness (QED) is 0.568. The van der Waals surface area contributed by atoms with Crippen LogP contribution >= 0.6 is 0 Å². The molecule has 3 aliphatic carbocycles. The third kappa shape index (κ3) is 1.35. The van der Waals surface area contributed by atoms with Gasteiger partial charge >= 0.3 is 0 Å². The van der Waals surface area contributed by atoms with E-state index in [1.807, 2.05) is 6.08 Å². The van der Waals surface area contributed by atoms with Crippen molar-refractivity contribution >= 4 is 6.29 Å². The molecule has 1 heterocycles. The highest BCUT2D eigenvalue weighted by atomic mass is 16.7. The summed E-state index contributed by atoms with van der Waals surface area (Å²) in [6.07, 6.45) is 7.75. The molecule has 0 aromatic heterocycles. The van der Waals surface area contributed by atoms with Gasteiger partial charge in [-0.05, 0) is 25.7 Å². The number of carbonyl (C=O) groups excluding carboxylic acids is 1. The molecule has 1 aliphatic heterocycles. The van der Waals surface area contributed by atoms with Crippen LogP contribution in [0.25, 0.3) is 0 Å². The molecular weight excluding hydrogens is 228 g/mol. The van der Waals surface area contributed by atoms with Gasteiger partial charge in [-0.15, -0.1) is 6.58 Å². The highest BCUT2D eigenvalue weighted by Crippen LogP contribution is 2.61. The van der Waals surface area contributed by atoms with Crippen molar-refractivity contribution < 1.29 is 14.3 Å². The van der Waals surface area contributed by atoms with E-state index in [0.717, 1.165) is 25.5 Å². The second kappa shape index (κ2) is 4.04. The molecule has 0 amide bonds. The molecule has 1 spiro atoms. The predicted molar refractivity (Wildman–Crippen MR) is 67.9 cm³/mol. The van der Waals surface area contributed by atoms with Gasteiger partial charge in [-0.25, -0.2) is 0 Å². The maximum atomic E-state index is 11.5. The molecule has 0 aromatic carbocycles. The molecular formula is C15H20O3. The van der Waals surface area contributed by atoms with Gasteiger partial charge in [0.15, 0.2) is 5.79 Å². The molecule has 4 rings (SSSR count). The van der Waals surface area contributed by atoms with Gasteiger partial charge in [0.1, 0.15) is 6.29 Å². The lowest BCUT2D eigenvalue weighted by Gasteiger charge is -2.57. The molecule has 2 bridgehead atoms. The Morgan fingerprint density at radius 1 is 1.50 bits per heavy atom. The highest BCUT2D eigenvalue weighted by Gasteiger charge is 2.64. The van der Waals surface area contributed by atoms with Gasteiger partial charge in [0, 0.05) is 12.3 Å². The molecule has 0 radical (unpaired) electrons. The Morgan fingerprint density at radius 3 is 2.83 bits per heavy atom. The van der Waals surface area contributed by atoms with Crippen LogP contribution in [-0.2, 0) is 14.3 Å². The first-order valence-electron chi connectivity index (χ1n) is 6.71. The molecule has 0 aromatic rings. The standard InChI is InChI=1S/C15H20O3/c1-3-4-14-8-11(2)12(7-13(14)10-16)9-15(14)17-5-6-18-15/h3,8,10,12-13H,1,4-7,9H2,2H3/t12-,13-,14+/m1/s1. The summed E-state index contributed by atoms with van der Waals surface area (Å²) in [5.41, 5.74) is 1.03. The van der Waals surface area contributed by atoms with E-state index in [1.54, 1.807) is 0 Å². The molecule has 3 atom stereocenters. The fourth-order valence-electron chi connectivity index (χ4n) is 4.11. The van der Waals surface area contributed by atoms with Gasteiger partial charge in [0.2, 0.25) is 0 Å². The van der Waals surface area contributed by atoms with Gasteiger partial charge in [0.25, 0.3) is 0 Å². The van der Waals surface area contributed by atoms with Crippen LogP contribution in [-0.4, -0.2) is 25.3 Å². The lowest BCUT2D eigenvalue weighted by molar-refractivity contribution is -0.264. The summed E-state index contributed by atoms with van der Waals surface area (Å²) in [5, 5.41) is 0. The number of rotatable bonds is 3. The van der Waals surface area contributed by atoms with E-state index >= 15 is 0 Å². The van der Waals surface area contributed by atoms with Crippen LogP contribution in [0.2, 0.25) is 0 Å². The Morgan fingerprint density at radius 2 is 2.22 bits per heavy atom. The number of hydrogen-bond acceptors (Lipinski definition) is 3. The van der Waals surface area contributed by atoms with E-state index in [0.29, 0.717) is 19.1 Å². The minimum Gasteiger partial charge on any atom is -0.347 e. The largest absolute Gasteiger partial charge is 0.347 e. The number of fused-ring (bicyclic) bond motifs is 1. The number of hydrogen-bond donors (Lipinski definition) is 0. The normalized spacial score (nSPS) is 40.8. The van der Waals surface area contributed by atoms with E-state index in [-0.39, 0.29) is 11.3 Å². The van der Waals surface area contributed by atoms with Crippen LogP contribution in [0.4, 0.5) is 0 Å². The summed E-state index contributed by atoms with van der Waals surface area (Å²) in [6, 6.07) is 0.